The molecule has 1 spiro atoms. The molecule has 3 saturated heterocycles. The molecule has 1 atom stereocenters. The fourth-order valence-corrected chi connectivity index (χ4v) is 5.93. The van der Waals surface area contributed by atoms with Crippen LogP contribution in [0.3, 0.4) is 0 Å². The molecule has 4 rings (SSSR count). The van der Waals surface area contributed by atoms with Crippen molar-refractivity contribution in [3.05, 3.63) is 0 Å². The van der Waals surface area contributed by atoms with Crippen molar-refractivity contribution in [2.75, 3.05) is 39.3 Å². The molecule has 4 heteroatoms. The standard InChI is InChI=1S/C21H37N3O/c1-4-20(25)24-14-21(15-24)11-19(12-21)22-9-6-18(7-10-22)23-8-5-17(13-23)16(2)3/h16-19H,4-15H2,1-3H3. The van der Waals surface area contributed by atoms with Gasteiger partial charge < -0.3 is 9.80 Å². The number of carbonyl (C=O) groups excluding carboxylic acids is 1. The highest BCUT2D eigenvalue weighted by Crippen LogP contribution is 2.50. The molecule has 1 saturated carbocycles. The van der Waals surface area contributed by atoms with Gasteiger partial charge in [0, 0.05) is 43.6 Å². The number of carbonyl (C=O) groups is 1. The molecular weight excluding hydrogens is 310 g/mol. The predicted molar refractivity (Wildman–Crippen MR) is 101 cm³/mol. The van der Waals surface area contributed by atoms with Gasteiger partial charge in [-0.25, -0.2) is 0 Å². The zero-order valence-electron chi connectivity index (χ0n) is 16.5. The van der Waals surface area contributed by atoms with Crippen LogP contribution in [0.2, 0.25) is 0 Å². The summed E-state index contributed by atoms with van der Waals surface area (Å²) >= 11 is 0. The van der Waals surface area contributed by atoms with Crippen molar-refractivity contribution in [3.8, 4) is 0 Å². The van der Waals surface area contributed by atoms with Gasteiger partial charge in [0.2, 0.25) is 5.91 Å². The average molecular weight is 348 g/mol. The summed E-state index contributed by atoms with van der Waals surface area (Å²) in [6, 6.07) is 1.65. The molecule has 1 unspecified atom stereocenters. The van der Waals surface area contributed by atoms with Crippen molar-refractivity contribution in [2.24, 2.45) is 17.3 Å². The van der Waals surface area contributed by atoms with Crippen LogP contribution in [-0.4, -0.2) is 72.0 Å². The van der Waals surface area contributed by atoms with Crippen LogP contribution in [0.1, 0.15) is 59.3 Å². The van der Waals surface area contributed by atoms with Gasteiger partial charge in [0.25, 0.3) is 0 Å². The van der Waals surface area contributed by atoms with Crippen LogP contribution < -0.4 is 0 Å². The Hall–Kier alpha value is -0.610. The normalized spacial score (nSPS) is 31.5. The van der Waals surface area contributed by atoms with E-state index in [1.807, 2.05) is 6.92 Å². The van der Waals surface area contributed by atoms with Crippen LogP contribution in [0.5, 0.6) is 0 Å². The molecule has 142 valence electrons. The lowest BCUT2D eigenvalue weighted by Gasteiger charge is -2.61. The zero-order chi connectivity index (χ0) is 17.6. The smallest absolute Gasteiger partial charge is 0.222 e. The molecule has 4 aliphatic rings. The second-order valence-electron chi connectivity index (χ2n) is 9.72. The maximum Gasteiger partial charge on any atom is 0.222 e. The number of rotatable bonds is 4. The third-order valence-electron chi connectivity index (χ3n) is 7.78. The molecule has 1 aliphatic carbocycles. The Labute approximate surface area is 153 Å². The van der Waals surface area contributed by atoms with Crippen molar-refractivity contribution < 1.29 is 4.79 Å². The summed E-state index contributed by atoms with van der Waals surface area (Å²) in [5, 5.41) is 0. The first-order chi connectivity index (χ1) is 12.0. The Morgan fingerprint density at radius 1 is 1.00 bits per heavy atom. The van der Waals surface area contributed by atoms with Gasteiger partial charge in [0.15, 0.2) is 0 Å². The second kappa shape index (κ2) is 6.84. The minimum atomic E-state index is 0.347. The lowest BCUT2D eigenvalue weighted by atomic mass is 9.60. The lowest BCUT2D eigenvalue weighted by Crippen LogP contribution is -2.68. The number of hydrogen-bond donors (Lipinski definition) is 0. The summed E-state index contributed by atoms with van der Waals surface area (Å²) in [6.07, 6.45) is 7.50. The van der Waals surface area contributed by atoms with E-state index in [1.165, 1.54) is 58.3 Å². The van der Waals surface area contributed by atoms with Crippen LogP contribution in [-0.2, 0) is 4.79 Å². The average Bonchev–Trinajstić information content (AvgIpc) is 3.02. The number of amides is 1. The number of piperidine rings is 1. The molecule has 25 heavy (non-hydrogen) atoms. The highest BCUT2D eigenvalue weighted by atomic mass is 16.2. The van der Waals surface area contributed by atoms with Gasteiger partial charge in [-0.3, -0.25) is 9.69 Å². The van der Waals surface area contributed by atoms with E-state index in [9.17, 15) is 4.79 Å². The fourth-order valence-electron chi connectivity index (χ4n) is 5.93. The van der Waals surface area contributed by atoms with E-state index in [0.29, 0.717) is 17.7 Å². The van der Waals surface area contributed by atoms with Crippen molar-refractivity contribution >= 4 is 5.91 Å². The molecule has 0 N–H and O–H groups in total. The Balaban J connectivity index is 1.18. The first kappa shape index (κ1) is 17.8. The summed E-state index contributed by atoms with van der Waals surface area (Å²) in [6.45, 7) is 14.1. The summed E-state index contributed by atoms with van der Waals surface area (Å²) in [5.74, 6) is 2.12. The van der Waals surface area contributed by atoms with Gasteiger partial charge in [0.1, 0.15) is 0 Å². The van der Waals surface area contributed by atoms with Gasteiger partial charge in [-0.15, -0.1) is 0 Å². The van der Waals surface area contributed by atoms with E-state index < -0.39 is 0 Å². The van der Waals surface area contributed by atoms with Crippen LogP contribution in [0.4, 0.5) is 0 Å². The van der Waals surface area contributed by atoms with Crippen molar-refractivity contribution in [3.63, 3.8) is 0 Å². The van der Waals surface area contributed by atoms with Crippen LogP contribution in [0.25, 0.3) is 0 Å². The van der Waals surface area contributed by atoms with Crippen molar-refractivity contribution in [1.29, 1.82) is 0 Å². The topological polar surface area (TPSA) is 26.8 Å². The Kier molecular flexibility index (Phi) is 4.87. The van der Waals surface area contributed by atoms with E-state index in [2.05, 4.69) is 28.5 Å². The highest BCUT2D eigenvalue weighted by Gasteiger charge is 2.54. The lowest BCUT2D eigenvalue weighted by molar-refractivity contribution is -0.158. The van der Waals surface area contributed by atoms with Crippen LogP contribution in [0.15, 0.2) is 0 Å². The van der Waals surface area contributed by atoms with E-state index in [1.54, 1.807) is 0 Å². The maximum atomic E-state index is 11.7. The minimum absolute atomic E-state index is 0.347. The zero-order valence-corrected chi connectivity index (χ0v) is 16.5. The number of hydrogen-bond acceptors (Lipinski definition) is 3. The van der Waals surface area contributed by atoms with E-state index in [4.69, 9.17) is 0 Å². The van der Waals surface area contributed by atoms with Gasteiger partial charge in [-0.2, -0.15) is 0 Å². The maximum absolute atomic E-state index is 11.7. The quantitative estimate of drug-likeness (QED) is 0.782. The molecule has 0 aromatic rings. The molecule has 0 aromatic heterocycles. The van der Waals surface area contributed by atoms with Gasteiger partial charge >= 0.3 is 0 Å². The molecule has 0 radical (unpaired) electrons. The fraction of sp³-hybridized carbons (Fsp3) is 0.952. The summed E-state index contributed by atoms with van der Waals surface area (Å²) in [4.78, 5) is 19.4. The SMILES string of the molecule is CCC(=O)N1CC2(CC(N3CCC(N4CCC(C(C)C)C4)CC3)C2)C1. The molecule has 1 amide bonds. The van der Waals surface area contributed by atoms with Crippen LogP contribution >= 0.6 is 0 Å². The Morgan fingerprint density at radius 3 is 2.20 bits per heavy atom. The van der Waals surface area contributed by atoms with Crippen molar-refractivity contribution in [2.45, 2.75) is 71.4 Å². The highest BCUT2D eigenvalue weighted by molar-refractivity contribution is 5.77. The first-order valence-electron chi connectivity index (χ1n) is 10.8. The van der Waals surface area contributed by atoms with Crippen molar-refractivity contribution in [1.82, 2.24) is 14.7 Å². The van der Waals surface area contributed by atoms with E-state index in [0.717, 1.165) is 37.0 Å². The number of likely N-dealkylation sites (tertiary alicyclic amines) is 3. The number of nitrogens with zero attached hydrogens (tertiary/aromatic N) is 3. The van der Waals surface area contributed by atoms with E-state index >= 15 is 0 Å². The van der Waals surface area contributed by atoms with Gasteiger partial charge in [-0.1, -0.05) is 20.8 Å². The third kappa shape index (κ3) is 3.37. The Morgan fingerprint density at radius 2 is 1.64 bits per heavy atom. The largest absolute Gasteiger partial charge is 0.341 e. The van der Waals surface area contributed by atoms with Crippen LogP contribution in [0, 0.1) is 17.3 Å². The van der Waals surface area contributed by atoms with E-state index in [-0.39, 0.29) is 0 Å². The Bertz CT molecular complexity index is 483. The molecule has 3 heterocycles. The molecule has 0 aromatic carbocycles. The molecule has 4 nitrogen and oxygen atoms in total. The summed E-state index contributed by atoms with van der Waals surface area (Å²) in [7, 11) is 0. The second-order valence-corrected chi connectivity index (χ2v) is 9.72. The third-order valence-corrected chi connectivity index (χ3v) is 7.78. The van der Waals surface area contributed by atoms with Gasteiger partial charge in [-0.05, 0) is 63.6 Å². The molecule has 3 aliphatic heterocycles. The first-order valence-corrected chi connectivity index (χ1v) is 10.8. The minimum Gasteiger partial charge on any atom is -0.341 e. The summed E-state index contributed by atoms with van der Waals surface area (Å²) < 4.78 is 0. The molecule has 4 fully saturated rings. The monoisotopic (exact) mass is 347 g/mol. The molecule has 0 bridgehead atoms. The van der Waals surface area contributed by atoms with Gasteiger partial charge in [0.05, 0.1) is 0 Å². The summed E-state index contributed by atoms with van der Waals surface area (Å²) in [5.41, 5.74) is 0.506. The predicted octanol–water partition coefficient (Wildman–Crippen LogP) is 2.83. The molecular formula is C21H37N3O.